The number of amides is 1. The third kappa shape index (κ3) is 2.54. The van der Waals surface area contributed by atoms with Crippen molar-refractivity contribution in [1.82, 2.24) is 4.98 Å². The predicted molar refractivity (Wildman–Crippen MR) is 67.2 cm³/mol. The molecule has 1 aromatic heterocycles. The van der Waals surface area contributed by atoms with E-state index >= 15 is 0 Å². The Morgan fingerprint density at radius 1 is 1.47 bits per heavy atom. The van der Waals surface area contributed by atoms with Crippen molar-refractivity contribution < 1.29 is 9.53 Å². The van der Waals surface area contributed by atoms with Crippen molar-refractivity contribution >= 4 is 34.7 Å². The molecule has 2 aromatic rings. The highest BCUT2D eigenvalue weighted by molar-refractivity contribution is 6.35. The van der Waals surface area contributed by atoms with E-state index in [4.69, 9.17) is 16.3 Å². The van der Waals surface area contributed by atoms with Crippen molar-refractivity contribution in [2.45, 2.75) is 6.61 Å². The lowest BCUT2D eigenvalue weighted by Crippen LogP contribution is -1.97. The number of fused-ring (bicyclic) bond motifs is 1. The summed E-state index contributed by atoms with van der Waals surface area (Å²) >= 11 is 6.13. The van der Waals surface area contributed by atoms with Gasteiger partial charge in [0.15, 0.2) is 0 Å². The molecule has 0 fully saturated rings. The average Bonchev–Trinajstić information content (AvgIpc) is 2.31. The number of rotatable bonds is 4. The molecule has 0 atom stereocenters. The minimum Gasteiger partial charge on any atom is -0.380 e. The molecule has 0 aliphatic heterocycles. The molecule has 0 aliphatic rings. The van der Waals surface area contributed by atoms with Crippen molar-refractivity contribution in [2.24, 2.45) is 0 Å². The second-order valence-corrected chi connectivity index (χ2v) is 3.94. The van der Waals surface area contributed by atoms with Gasteiger partial charge in [0.05, 0.1) is 17.1 Å². The maximum absolute atomic E-state index is 10.4. The van der Waals surface area contributed by atoms with Crippen LogP contribution in [0.25, 0.3) is 10.9 Å². The molecule has 1 aromatic carbocycles. The topological polar surface area (TPSA) is 51.2 Å². The lowest BCUT2D eigenvalue weighted by atomic mass is 10.1. The smallest absolute Gasteiger partial charge is 0.212 e. The zero-order chi connectivity index (χ0) is 12.3. The van der Waals surface area contributed by atoms with Crippen LogP contribution in [-0.4, -0.2) is 18.5 Å². The summed E-state index contributed by atoms with van der Waals surface area (Å²) in [6.07, 6.45) is 0.573. The maximum atomic E-state index is 10.4. The van der Waals surface area contributed by atoms with Crippen LogP contribution in [0.1, 0.15) is 5.56 Å². The van der Waals surface area contributed by atoms with E-state index in [9.17, 15) is 4.79 Å². The summed E-state index contributed by atoms with van der Waals surface area (Å²) in [6.45, 7) is 0.528. The molecule has 0 radical (unpaired) electrons. The Kier molecular flexibility index (Phi) is 3.56. The van der Waals surface area contributed by atoms with Gasteiger partial charge in [-0.3, -0.25) is 4.79 Å². The highest BCUT2D eigenvalue weighted by Crippen LogP contribution is 2.26. The van der Waals surface area contributed by atoms with E-state index in [-0.39, 0.29) is 0 Å². The third-order valence-electron chi connectivity index (χ3n) is 2.34. The molecular weight excluding hydrogens is 240 g/mol. The second kappa shape index (κ2) is 5.12. The van der Waals surface area contributed by atoms with Gasteiger partial charge in [0.2, 0.25) is 6.41 Å². The van der Waals surface area contributed by atoms with Gasteiger partial charge in [-0.2, -0.15) is 0 Å². The van der Waals surface area contributed by atoms with Gasteiger partial charge in [-0.15, -0.1) is 0 Å². The van der Waals surface area contributed by atoms with Crippen LogP contribution in [0.3, 0.4) is 0 Å². The van der Waals surface area contributed by atoms with Crippen LogP contribution < -0.4 is 5.32 Å². The fraction of sp³-hybridized carbons (Fsp3) is 0.167. The van der Waals surface area contributed by atoms with Crippen molar-refractivity contribution in [3.63, 3.8) is 0 Å². The van der Waals surface area contributed by atoms with E-state index in [0.717, 1.165) is 16.5 Å². The number of pyridine rings is 1. The second-order valence-electron chi connectivity index (χ2n) is 3.54. The summed E-state index contributed by atoms with van der Waals surface area (Å²) in [5, 5.41) is 3.88. The fourth-order valence-electron chi connectivity index (χ4n) is 1.62. The first-order valence-corrected chi connectivity index (χ1v) is 5.40. The summed E-state index contributed by atoms with van der Waals surface area (Å²) in [6, 6.07) is 7.32. The Balaban J connectivity index is 2.52. The van der Waals surface area contributed by atoms with E-state index in [1.54, 1.807) is 13.2 Å². The lowest BCUT2D eigenvalue weighted by molar-refractivity contribution is -0.105. The number of hydrogen-bond acceptors (Lipinski definition) is 3. The number of ether oxygens (including phenoxy) is 1. The van der Waals surface area contributed by atoms with E-state index in [1.807, 2.05) is 18.2 Å². The van der Waals surface area contributed by atoms with Crippen molar-refractivity contribution in [3.05, 3.63) is 34.9 Å². The zero-order valence-corrected chi connectivity index (χ0v) is 9.99. The Bertz CT molecular complexity index is 557. The number of nitrogens with zero attached hydrogens (tertiary/aromatic N) is 1. The molecule has 0 unspecified atom stereocenters. The normalized spacial score (nSPS) is 10.5. The SMILES string of the molecule is COCc1ccc2nc(NC=O)cc(Cl)c2c1. The molecule has 1 N–H and O–H groups in total. The first-order valence-electron chi connectivity index (χ1n) is 5.03. The molecule has 4 nitrogen and oxygen atoms in total. The number of carbonyl (C=O) groups excluding carboxylic acids is 1. The van der Waals surface area contributed by atoms with Crippen molar-refractivity contribution in [3.8, 4) is 0 Å². The van der Waals surface area contributed by atoms with Crippen LogP contribution in [0.5, 0.6) is 0 Å². The number of halogens is 1. The molecule has 88 valence electrons. The third-order valence-corrected chi connectivity index (χ3v) is 2.65. The zero-order valence-electron chi connectivity index (χ0n) is 9.24. The standard InChI is InChI=1S/C12H11ClN2O2/c1-17-6-8-2-3-11-9(4-8)10(13)5-12(15-11)14-7-16/h2-5,7H,6H2,1H3,(H,14,15,16). The van der Waals surface area contributed by atoms with Gasteiger partial charge < -0.3 is 10.1 Å². The first-order chi connectivity index (χ1) is 8.24. The highest BCUT2D eigenvalue weighted by Gasteiger charge is 2.05. The van der Waals surface area contributed by atoms with Gasteiger partial charge in [-0.25, -0.2) is 4.98 Å². The van der Waals surface area contributed by atoms with Crippen LogP contribution in [0.15, 0.2) is 24.3 Å². The first kappa shape index (κ1) is 11.8. The molecule has 0 bridgehead atoms. The van der Waals surface area contributed by atoms with Crippen molar-refractivity contribution in [1.29, 1.82) is 0 Å². The molecule has 1 amide bonds. The Morgan fingerprint density at radius 2 is 2.29 bits per heavy atom. The van der Waals surface area contributed by atoms with Crippen molar-refractivity contribution in [2.75, 3.05) is 12.4 Å². The Morgan fingerprint density at radius 3 is 3.00 bits per heavy atom. The van der Waals surface area contributed by atoms with Gasteiger partial charge in [0.1, 0.15) is 5.82 Å². The fourth-order valence-corrected chi connectivity index (χ4v) is 1.88. The van der Waals surface area contributed by atoms with Gasteiger partial charge >= 0.3 is 0 Å². The molecule has 1 heterocycles. The predicted octanol–water partition coefficient (Wildman–Crippen LogP) is 2.60. The number of anilines is 1. The lowest BCUT2D eigenvalue weighted by Gasteiger charge is -2.06. The minimum atomic E-state index is 0.442. The molecule has 0 spiro atoms. The number of nitrogens with one attached hydrogen (secondary N) is 1. The minimum absolute atomic E-state index is 0.442. The van der Waals surface area contributed by atoms with Crippen LogP contribution in [0, 0.1) is 0 Å². The molecule has 0 aliphatic carbocycles. The van der Waals surface area contributed by atoms with Crippen LogP contribution in [0.2, 0.25) is 5.02 Å². The summed E-state index contributed by atoms with van der Waals surface area (Å²) < 4.78 is 5.06. The van der Waals surface area contributed by atoms with Gasteiger partial charge in [-0.05, 0) is 17.7 Å². The monoisotopic (exact) mass is 250 g/mol. The summed E-state index contributed by atoms with van der Waals surface area (Å²) in [5.41, 5.74) is 1.77. The number of methoxy groups -OCH3 is 1. The van der Waals surface area contributed by atoms with E-state index in [1.165, 1.54) is 0 Å². The number of hydrogen-bond donors (Lipinski definition) is 1. The van der Waals surface area contributed by atoms with E-state index in [2.05, 4.69) is 10.3 Å². The quantitative estimate of drug-likeness (QED) is 0.849. The maximum Gasteiger partial charge on any atom is 0.212 e. The molecule has 17 heavy (non-hydrogen) atoms. The molecule has 2 rings (SSSR count). The largest absolute Gasteiger partial charge is 0.380 e. The van der Waals surface area contributed by atoms with Crippen LogP contribution >= 0.6 is 11.6 Å². The van der Waals surface area contributed by atoms with Crippen LogP contribution in [-0.2, 0) is 16.1 Å². The van der Waals surface area contributed by atoms with E-state index < -0.39 is 0 Å². The Labute approximate surface area is 104 Å². The Hall–Kier alpha value is -1.65. The van der Waals surface area contributed by atoms with Gasteiger partial charge in [0, 0.05) is 18.6 Å². The number of benzene rings is 1. The molecule has 5 heteroatoms. The number of aromatic nitrogens is 1. The van der Waals surface area contributed by atoms with Gasteiger partial charge in [-0.1, -0.05) is 17.7 Å². The molecular formula is C12H11ClN2O2. The highest BCUT2D eigenvalue weighted by atomic mass is 35.5. The summed E-state index contributed by atoms with van der Waals surface area (Å²) in [5.74, 6) is 0.442. The molecule has 0 saturated carbocycles. The number of carbonyl (C=O) groups is 1. The molecule has 0 saturated heterocycles. The average molecular weight is 251 g/mol. The van der Waals surface area contributed by atoms with E-state index in [0.29, 0.717) is 23.9 Å². The van der Waals surface area contributed by atoms with Gasteiger partial charge in [0.25, 0.3) is 0 Å². The summed E-state index contributed by atoms with van der Waals surface area (Å²) in [7, 11) is 1.64. The van der Waals surface area contributed by atoms with Crippen LogP contribution in [0.4, 0.5) is 5.82 Å². The summed E-state index contributed by atoms with van der Waals surface area (Å²) in [4.78, 5) is 14.6.